The van der Waals surface area contributed by atoms with Crippen molar-refractivity contribution in [3.8, 4) is 0 Å². The second kappa shape index (κ2) is 8.04. The Balaban J connectivity index is 3.06. The first-order valence-corrected chi connectivity index (χ1v) is 8.46. The molecule has 1 aromatic rings. The third-order valence-electron chi connectivity index (χ3n) is 4.34. The lowest BCUT2D eigenvalue weighted by atomic mass is 9.83. The van der Waals surface area contributed by atoms with Crippen molar-refractivity contribution in [3.63, 3.8) is 0 Å². The molecule has 4 heteroatoms. The van der Waals surface area contributed by atoms with E-state index in [4.69, 9.17) is 0 Å². The number of nitrogens with zero attached hydrogens (tertiary/aromatic N) is 1. The molecule has 0 heterocycles. The molecule has 0 radical (unpaired) electrons. The van der Waals surface area contributed by atoms with Gasteiger partial charge in [0.05, 0.1) is 5.54 Å². The van der Waals surface area contributed by atoms with E-state index in [1.807, 2.05) is 6.07 Å². The summed E-state index contributed by atoms with van der Waals surface area (Å²) in [6.07, 6.45) is 1.83. The fraction of sp³-hybridized carbons (Fsp3) is 0.588. The summed E-state index contributed by atoms with van der Waals surface area (Å²) in [7, 11) is 0. The van der Waals surface area contributed by atoms with Crippen molar-refractivity contribution in [1.29, 1.82) is 0 Å². The van der Waals surface area contributed by atoms with E-state index in [1.54, 1.807) is 0 Å². The van der Waals surface area contributed by atoms with Crippen molar-refractivity contribution < 1.29 is 9.18 Å². The van der Waals surface area contributed by atoms with Gasteiger partial charge in [-0.05, 0) is 49.7 Å². The minimum atomic E-state index is -0.442. The fourth-order valence-electron chi connectivity index (χ4n) is 3.16. The quantitative estimate of drug-likeness (QED) is 0.677. The van der Waals surface area contributed by atoms with Gasteiger partial charge in [-0.25, -0.2) is 4.39 Å². The summed E-state index contributed by atoms with van der Waals surface area (Å²) in [5.74, 6) is -0.137. The minimum absolute atomic E-state index is 0.175. The van der Waals surface area contributed by atoms with Crippen molar-refractivity contribution in [2.24, 2.45) is 0 Å². The molecule has 2 nitrogen and oxygen atoms in total. The molecule has 1 rings (SSSR count). The minimum Gasteiger partial charge on any atom is -0.297 e. The zero-order chi connectivity index (χ0) is 16.0. The second-order valence-corrected chi connectivity index (χ2v) is 6.20. The SMILES string of the molecule is CCN(CC)C(CC)(CC)C(=O)Cc1cc(F)cc(Br)c1. The molecule has 0 aliphatic carbocycles. The topological polar surface area (TPSA) is 20.3 Å². The highest BCUT2D eigenvalue weighted by atomic mass is 79.9. The van der Waals surface area contributed by atoms with Crippen LogP contribution in [-0.2, 0) is 11.2 Å². The van der Waals surface area contributed by atoms with E-state index >= 15 is 0 Å². The van der Waals surface area contributed by atoms with Crippen LogP contribution in [0.25, 0.3) is 0 Å². The number of carbonyl (C=O) groups is 1. The van der Waals surface area contributed by atoms with Gasteiger partial charge in [-0.3, -0.25) is 9.69 Å². The van der Waals surface area contributed by atoms with Crippen molar-refractivity contribution in [3.05, 3.63) is 34.1 Å². The molecule has 0 aliphatic heterocycles. The number of hydrogen-bond donors (Lipinski definition) is 0. The standard InChI is InChI=1S/C17H25BrFNO/c1-5-17(6-2,20(7-3)8-4)16(21)11-13-9-14(18)12-15(19)10-13/h9-10,12H,5-8,11H2,1-4H3. The van der Waals surface area contributed by atoms with Crippen molar-refractivity contribution in [2.45, 2.75) is 52.5 Å². The van der Waals surface area contributed by atoms with Gasteiger partial charge in [-0.15, -0.1) is 0 Å². The lowest BCUT2D eigenvalue weighted by Crippen LogP contribution is -2.54. The fourth-order valence-corrected chi connectivity index (χ4v) is 3.67. The third kappa shape index (κ3) is 4.13. The Morgan fingerprint density at radius 3 is 2.14 bits per heavy atom. The Hall–Kier alpha value is -0.740. The summed E-state index contributed by atoms with van der Waals surface area (Å²) in [6, 6.07) is 4.67. The first-order chi connectivity index (χ1) is 9.93. The van der Waals surface area contributed by atoms with Crippen LogP contribution in [0.4, 0.5) is 4.39 Å². The Bertz CT molecular complexity index is 461. The predicted molar refractivity (Wildman–Crippen MR) is 89.0 cm³/mol. The van der Waals surface area contributed by atoms with E-state index in [0.717, 1.165) is 31.5 Å². The first kappa shape index (κ1) is 18.3. The molecule has 1 aromatic carbocycles. The lowest BCUT2D eigenvalue weighted by Gasteiger charge is -2.41. The van der Waals surface area contributed by atoms with Crippen LogP contribution in [0.5, 0.6) is 0 Å². The smallest absolute Gasteiger partial charge is 0.157 e. The van der Waals surface area contributed by atoms with Gasteiger partial charge in [0.15, 0.2) is 5.78 Å². The predicted octanol–water partition coefficient (Wildman–Crippen LogP) is 4.60. The summed E-state index contributed by atoms with van der Waals surface area (Å²) < 4.78 is 14.2. The molecule has 0 amide bonds. The molecule has 0 unspecified atom stereocenters. The number of rotatable bonds is 8. The summed E-state index contributed by atoms with van der Waals surface area (Å²) in [4.78, 5) is 15.1. The first-order valence-electron chi connectivity index (χ1n) is 7.66. The zero-order valence-corrected chi connectivity index (χ0v) is 15.0. The summed E-state index contributed by atoms with van der Waals surface area (Å²) >= 11 is 3.28. The van der Waals surface area contributed by atoms with E-state index in [2.05, 4.69) is 48.5 Å². The average Bonchev–Trinajstić information content (AvgIpc) is 2.43. The molecular formula is C17H25BrFNO. The molecule has 21 heavy (non-hydrogen) atoms. The average molecular weight is 358 g/mol. The molecule has 0 saturated heterocycles. The van der Waals surface area contributed by atoms with Crippen LogP contribution >= 0.6 is 15.9 Å². The number of benzene rings is 1. The number of likely N-dealkylation sites (N-methyl/N-ethyl adjacent to an activating group) is 1. The van der Waals surface area contributed by atoms with E-state index in [1.165, 1.54) is 12.1 Å². The van der Waals surface area contributed by atoms with Crippen LogP contribution in [0, 0.1) is 5.82 Å². The Morgan fingerprint density at radius 1 is 1.14 bits per heavy atom. The number of carbonyl (C=O) groups excluding carboxylic acids is 1. The highest BCUT2D eigenvalue weighted by Crippen LogP contribution is 2.27. The van der Waals surface area contributed by atoms with Gasteiger partial charge in [0, 0.05) is 10.9 Å². The maximum absolute atomic E-state index is 13.5. The Morgan fingerprint density at radius 2 is 1.71 bits per heavy atom. The van der Waals surface area contributed by atoms with Crippen molar-refractivity contribution in [2.75, 3.05) is 13.1 Å². The number of halogens is 2. The molecule has 0 aromatic heterocycles. The Kier molecular flexibility index (Phi) is 7.01. The highest BCUT2D eigenvalue weighted by Gasteiger charge is 2.38. The molecular weight excluding hydrogens is 333 g/mol. The molecule has 0 bridgehead atoms. The van der Waals surface area contributed by atoms with Gasteiger partial charge >= 0.3 is 0 Å². The highest BCUT2D eigenvalue weighted by molar-refractivity contribution is 9.10. The molecule has 0 saturated carbocycles. The van der Waals surface area contributed by atoms with Gasteiger partial charge in [0.25, 0.3) is 0 Å². The monoisotopic (exact) mass is 357 g/mol. The third-order valence-corrected chi connectivity index (χ3v) is 4.80. The van der Waals surface area contributed by atoms with Crippen LogP contribution < -0.4 is 0 Å². The molecule has 0 spiro atoms. The van der Waals surface area contributed by atoms with Crippen LogP contribution in [0.1, 0.15) is 46.1 Å². The van der Waals surface area contributed by atoms with Crippen LogP contribution in [-0.4, -0.2) is 29.3 Å². The number of Topliss-reactive ketones (excluding diaryl/α,β-unsaturated/α-hetero) is 1. The molecule has 118 valence electrons. The van der Waals surface area contributed by atoms with E-state index in [9.17, 15) is 9.18 Å². The summed E-state index contributed by atoms with van der Waals surface area (Å²) in [6.45, 7) is 9.96. The van der Waals surface area contributed by atoms with Gasteiger partial charge < -0.3 is 0 Å². The van der Waals surface area contributed by atoms with Crippen LogP contribution in [0.3, 0.4) is 0 Å². The summed E-state index contributed by atoms with van der Waals surface area (Å²) in [5, 5.41) is 0. The zero-order valence-electron chi connectivity index (χ0n) is 13.4. The van der Waals surface area contributed by atoms with Crippen LogP contribution in [0.2, 0.25) is 0 Å². The number of ketones is 1. The Labute approximate surface area is 135 Å². The molecule has 0 fully saturated rings. The maximum atomic E-state index is 13.5. The maximum Gasteiger partial charge on any atom is 0.157 e. The molecule has 0 N–H and O–H groups in total. The molecule has 0 atom stereocenters. The lowest BCUT2D eigenvalue weighted by molar-refractivity contribution is -0.131. The van der Waals surface area contributed by atoms with Gasteiger partial charge in [0.1, 0.15) is 5.82 Å². The van der Waals surface area contributed by atoms with Crippen molar-refractivity contribution >= 4 is 21.7 Å². The van der Waals surface area contributed by atoms with Gasteiger partial charge in [-0.1, -0.05) is 43.6 Å². The van der Waals surface area contributed by atoms with Crippen molar-refractivity contribution in [1.82, 2.24) is 4.90 Å². The molecule has 0 aliphatic rings. The number of hydrogen-bond acceptors (Lipinski definition) is 2. The van der Waals surface area contributed by atoms with Gasteiger partial charge in [-0.2, -0.15) is 0 Å². The largest absolute Gasteiger partial charge is 0.297 e. The van der Waals surface area contributed by atoms with Crippen LogP contribution in [0.15, 0.2) is 22.7 Å². The van der Waals surface area contributed by atoms with Gasteiger partial charge in [0.2, 0.25) is 0 Å². The normalized spacial score (nSPS) is 12.0. The van der Waals surface area contributed by atoms with E-state index in [0.29, 0.717) is 4.47 Å². The summed E-state index contributed by atoms with van der Waals surface area (Å²) in [5.41, 5.74) is 0.285. The second-order valence-electron chi connectivity index (χ2n) is 5.29. The van der Waals surface area contributed by atoms with E-state index in [-0.39, 0.29) is 18.0 Å². The van der Waals surface area contributed by atoms with E-state index < -0.39 is 5.54 Å².